The molecule has 0 amide bonds. The third kappa shape index (κ3) is 2.90. The molecule has 2 rings (SSSR count). The van der Waals surface area contributed by atoms with Crippen LogP contribution in [0, 0.1) is 0 Å². The fourth-order valence-electron chi connectivity index (χ4n) is 1.32. The second-order valence-corrected chi connectivity index (χ2v) is 2.86. The Morgan fingerprint density at radius 2 is 2.06 bits per heavy atom. The van der Waals surface area contributed by atoms with Crippen LogP contribution in [0.3, 0.4) is 0 Å². The third-order valence-electron chi connectivity index (χ3n) is 2.02. The fourth-order valence-corrected chi connectivity index (χ4v) is 1.32. The van der Waals surface area contributed by atoms with Gasteiger partial charge in [-0.05, 0) is 18.2 Å². The van der Waals surface area contributed by atoms with Gasteiger partial charge in [0.15, 0.2) is 5.82 Å². The Bertz CT molecular complexity index is 511. The van der Waals surface area contributed by atoms with E-state index in [0.29, 0.717) is 5.82 Å². The maximum absolute atomic E-state index is 5.24. The van der Waals surface area contributed by atoms with Crippen LogP contribution in [0.4, 0.5) is 5.82 Å². The number of benzene rings is 1. The highest BCUT2D eigenvalue weighted by Gasteiger charge is 2.03. The number of nitrogens with zero attached hydrogens (tertiary/aromatic N) is 3. The molecule has 17 heavy (non-hydrogen) atoms. The summed E-state index contributed by atoms with van der Waals surface area (Å²) in [5.74, 6) is 1.28. The molecular formula is C12H16N4O. The summed E-state index contributed by atoms with van der Waals surface area (Å²) in [4.78, 5) is 12.1. The predicted octanol–water partition coefficient (Wildman–Crippen LogP) is 2.28. The minimum absolute atomic E-state index is 0.543. The molecule has 1 heterocycles. The van der Waals surface area contributed by atoms with E-state index in [-0.39, 0.29) is 0 Å². The van der Waals surface area contributed by atoms with E-state index in [1.165, 1.54) is 12.7 Å². The number of fused-ring (bicyclic) bond motifs is 1. The molecule has 0 spiro atoms. The Balaban J connectivity index is 0.000000686. The van der Waals surface area contributed by atoms with E-state index in [2.05, 4.69) is 15.0 Å². The lowest BCUT2D eigenvalue weighted by atomic mass is 10.2. The van der Waals surface area contributed by atoms with Crippen molar-refractivity contribution in [1.29, 1.82) is 0 Å². The number of ether oxygens (including phenoxy) is 1. The summed E-state index contributed by atoms with van der Waals surface area (Å²) in [5, 5.41) is 0.818. The summed E-state index contributed by atoms with van der Waals surface area (Å²) in [7, 11) is 1.61. The number of methoxy groups -OCH3 is 1. The highest BCUT2D eigenvalue weighted by atomic mass is 16.5. The van der Waals surface area contributed by atoms with Gasteiger partial charge >= 0.3 is 0 Å². The molecule has 0 aliphatic carbocycles. The normalized spacial score (nSPS) is 10.1. The molecule has 1 aromatic carbocycles. The highest BCUT2D eigenvalue weighted by molar-refractivity contribution is 5.89. The molecule has 0 aliphatic heterocycles. The second-order valence-electron chi connectivity index (χ2n) is 2.86. The van der Waals surface area contributed by atoms with Gasteiger partial charge in [-0.1, -0.05) is 13.8 Å². The molecule has 5 heteroatoms. The summed E-state index contributed by atoms with van der Waals surface area (Å²) in [5.41, 5.74) is 6.05. The van der Waals surface area contributed by atoms with Crippen LogP contribution < -0.4 is 10.5 Å². The number of aliphatic imine (C=N–C) groups is 1. The fraction of sp³-hybridized carbons (Fsp3) is 0.250. The number of hydrogen-bond donors (Lipinski definition) is 1. The number of aromatic nitrogens is 2. The van der Waals surface area contributed by atoms with Gasteiger partial charge in [0.2, 0.25) is 0 Å². The first-order valence-electron chi connectivity index (χ1n) is 5.38. The van der Waals surface area contributed by atoms with Crippen LogP contribution in [0.25, 0.3) is 10.9 Å². The quantitative estimate of drug-likeness (QED) is 0.636. The second kappa shape index (κ2) is 6.42. The highest BCUT2D eigenvalue weighted by Crippen LogP contribution is 2.25. The first-order valence-corrected chi connectivity index (χ1v) is 5.38. The molecule has 0 aliphatic rings. The third-order valence-corrected chi connectivity index (χ3v) is 2.02. The maximum atomic E-state index is 5.24. The summed E-state index contributed by atoms with van der Waals surface area (Å²) < 4.78 is 5.12. The minimum Gasteiger partial charge on any atom is -0.497 e. The van der Waals surface area contributed by atoms with E-state index in [0.717, 1.165) is 16.7 Å². The van der Waals surface area contributed by atoms with Crippen molar-refractivity contribution < 1.29 is 4.74 Å². The van der Waals surface area contributed by atoms with Crippen molar-refractivity contribution >= 4 is 23.1 Å². The van der Waals surface area contributed by atoms with Crippen molar-refractivity contribution in [2.75, 3.05) is 7.11 Å². The molecule has 0 unspecified atom stereocenters. The molecule has 2 N–H and O–H groups in total. The van der Waals surface area contributed by atoms with Gasteiger partial charge in [0.1, 0.15) is 12.1 Å². The molecule has 0 fully saturated rings. The summed E-state index contributed by atoms with van der Waals surface area (Å²) in [6.07, 6.45) is 2.67. The lowest BCUT2D eigenvalue weighted by Crippen LogP contribution is -1.90. The van der Waals surface area contributed by atoms with Crippen LogP contribution in [-0.2, 0) is 0 Å². The van der Waals surface area contributed by atoms with E-state index in [9.17, 15) is 0 Å². The zero-order valence-corrected chi connectivity index (χ0v) is 10.2. The smallest absolute Gasteiger partial charge is 0.164 e. The lowest BCUT2D eigenvalue weighted by molar-refractivity contribution is 0.415. The van der Waals surface area contributed by atoms with E-state index < -0.39 is 0 Å². The first-order chi connectivity index (χ1) is 8.35. The molecule has 0 saturated heterocycles. The van der Waals surface area contributed by atoms with Gasteiger partial charge in [0.05, 0.1) is 19.0 Å². The summed E-state index contributed by atoms with van der Waals surface area (Å²) >= 11 is 0. The van der Waals surface area contributed by atoms with Gasteiger partial charge in [-0.15, -0.1) is 0 Å². The largest absolute Gasteiger partial charge is 0.497 e. The van der Waals surface area contributed by atoms with Crippen molar-refractivity contribution in [3.8, 4) is 5.75 Å². The Hall–Kier alpha value is -2.17. The van der Waals surface area contributed by atoms with Gasteiger partial charge in [-0.25, -0.2) is 15.0 Å². The van der Waals surface area contributed by atoms with Crippen LogP contribution >= 0.6 is 0 Å². The minimum atomic E-state index is 0.543. The molecule has 0 atom stereocenters. The lowest BCUT2D eigenvalue weighted by Gasteiger charge is -2.02. The van der Waals surface area contributed by atoms with Crippen molar-refractivity contribution in [2.24, 2.45) is 10.7 Å². The number of nitrogens with two attached hydrogens (primary N) is 1. The average Bonchev–Trinajstić information content (AvgIpc) is 2.41. The van der Waals surface area contributed by atoms with E-state index >= 15 is 0 Å². The van der Waals surface area contributed by atoms with Gasteiger partial charge in [-0.3, -0.25) is 0 Å². The van der Waals surface area contributed by atoms with E-state index in [1.807, 2.05) is 32.0 Å². The predicted molar refractivity (Wildman–Crippen MR) is 69.8 cm³/mol. The van der Waals surface area contributed by atoms with Crippen molar-refractivity contribution in [1.82, 2.24) is 9.97 Å². The van der Waals surface area contributed by atoms with Gasteiger partial charge in [0.25, 0.3) is 0 Å². The number of rotatable bonds is 2. The van der Waals surface area contributed by atoms with Crippen molar-refractivity contribution in [2.45, 2.75) is 13.8 Å². The van der Waals surface area contributed by atoms with Crippen LogP contribution in [-0.4, -0.2) is 23.4 Å². The Kier molecular flexibility index (Phi) is 4.87. The molecular weight excluding hydrogens is 216 g/mol. The Morgan fingerprint density at radius 1 is 1.29 bits per heavy atom. The monoisotopic (exact) mass is 232 g/mol. The van der Waals surface area contributed by atoms with Crippen LogP contribution in [0.5, 0.6) is 5.75 Å². The molecule has 1 aromatic heterocycles. The van der Waals surface area contributed by atoms with Gasteiger partial charge in [-0.2, -0.15) is 0 Å². The van der Waals surface area contributed by atoms with Gasteiger partial charge < -0.3 is 10.5 Å². The van der Waals surface area contributed by atoms with Crippen LogP contribution in [0.1, 0.15) is 13.8 Å². The zero-order valence-electron chi connectivity index (χ0n) is 10.2. The molecule has 90 valence electrons. The van der Waals surface area contributed by atoms with E-state index in [1.54, 1.807) is 7.11 Å². The summed E-state index contributed by atoms with van der Waals surface area (Å²) in [6, 6.07) is 5.52. The molecule has 5 nitrogen and oxygen atoms in total. The topological polar surface area (TPSA) is 73.4 Å². The molecule has 2 aromatic rings. The van der Waals surface area contributed by atoms with Crippen molar-refractivity contribution in [3.63, 3.8) is 0 Å². The summed E-state index contributed by atoms with van der Waals surface area (Å²) in [6.45, 7) is 4.00. The standard InChI is InChI=1S/C10H10N4O.C2H6/c1-15-7-2-3-9-8(4-7)10(12-5-11)14-6-13-9;1-2/h2-6H,1H3,(H2,11,12,13,14);1-2H3. The Morgan fingerprint density at radius 3 is 2.71 bits per heavy atom. The van der Waals surface area contributed by atoms with Gasteiger partial charge in [0, 0.05) is 5.39 Å². The van der Waals surface area contributed by atoms with Crippen LogP contribution in [0.2, 0.25) is 0 Å². The number of hydrogen-bond acceptors (Lipinski definition) is 4. The van der Waals surface area contributed by atoms with E-state index in [4.69, 9.17) is 10.5 Å². The molecule has 0 bridgehead atoms. The zero-order chi connectivity index (χ0) is 12.7. The van der Waals surface area contributed by atoms with Crippen LogP contribution in [0.15, 0.2) is 29.5 Å². The molecule has 0 saturated carbocycles. The first kappa shape index (κ1) is 12.9. The Labute approximate surface area is 100 Å². The average molecular weight is 232 g/mol. The molecule has 0 radical (unpaired) electrons. The maximum Gasteiger partial charge on any atom is 0.164 e. The van der Waals surface area contributed by atoms with Crippen molar-refractivity contribution in [3.05, 3.63) is 24.5 Å². The SMILES string of the molecule is CC.COc1ccc2ncnc(N=CN)c2c1.